The number of rotatable bonds is 4. The first-order valence-corrected chi connectivity index (χ1v) is 9.02. The van der Waals surface area contributed by atoms with Crippen molar-refractivity contribution in [3.05, 3.63) is 48.4 Å². The van der Waals surface area contributed by atoms with Crippen LogP contribution in [0.4, 0.5) is 0 Å². The van der Waals surface area contributed by atoms with Gasteiger partial charge in [0.2, 0.25) is 0 Å². The molecule has 0 N–H and O–H groups in total. The highest BCUT2D eigenvalue weighted by molar-refractivity contribution is 7.89. The molecule has 0 bridgehead atoms. The number of hydrogen-bond acceptors (Lipinski definition) is 3. The molecule has 2 aromatic rings. The molecule has 1 aromatic carbocycles. The van der Waals surface area contributed by atoms with Gasteiger partial charge in [-0.05, 0) is 30.7 Å². The van der Waals surface area contributed by atoms with Crippen LogP contribution in [0.25, 0.3) is 0 Å². The fraction of sp³-hybridized carbons (Fsp3) is 0.438. The van der Waals surface area contributed by atoms with Crippen LogP contribution in [-0.2, 0) is 23.5 Å². The molecule has 1 fully saturated rings. The number of benzene rings is 1. The van der Waals surface area contributed by atoms with Crippen molar-refractivity contribution in [2.75, 3.05) is 13.1 Å². The summed E-state index contributed by atoms with van der Waals surface area (Å²) in [5.74, 6) is 0.553. The van der Waals surface area contributed by atoms with Crippen molar-refractivity contribution >= 4 is 10.0 Å². The van der Waals surface area contributed by atoms with Gasteiger partial charge in [0.05, 0.1) is 6.33 Å². The first-order valence-electron chi connectivity index (χ1n) is 7.58. The highest BCUT2D eigenvalue weighted by atomic mass is 32.2. The Morgan fingerprint density at radius 1 is 1.18 bits per heavy atom. The van der Waals surface area contributed by atoms with E-state index in [0.717, 1.165) is 19.3 Å². The van der Waals surface area contributed by atoms with E-state index in [1.165, 1.54) is 11.9 Å². The second-order valence-electron chi connectivity index (χ2n) is 5.91. The van der Waals surface area contributed by atoms with E-state index in [1.54, 1.807) is 22.1 Å². The van der Waals surface area contributed by atoms with E-state index < -0.39 is 10.0 Å². The molecule has 0 unspecified atom stereocenters. The Hall–Kier alpha value is -1.66. The maximum atomic E-state index is 12.5. The first kappa shape index (κ1) is 15.2. The van der Waals surface area contributed by atoms with Gasteiger partial charge in [0, 0.05) is 26.3 Å². The lowest BCUT2D eigenvalue weighted by Crippen LogP contribution is -2.39. The molecule has 5 nitrogen and oxygen atoms in total. The van der Waals surface area contributed by atoms with Crippen LogP contribution in [0.15, 0.2) is 47.9 Å². The Kier molecular flexibility index (Phi) is 4.31. The van der Waals surface area contributed by atoms with E-state index in [-0.39, 0.29) is 5.03 Å². The van der Waals surface area contributed by atoms with Crippen molar-refractivity contribution in [2.45, 2.75) is 24.3 Å². The van der Waals surface area contributed by atoms with Crippen molar-refractivity contribution in [3.8, 4) is 0 Å². The highest BCUT2D eigenvalue weighted by Gasteiger charge is 2.30. The van der Waals surface area contributed by atoms with E-state index in [4.69, 9.17) is 0 Å². The van der Waals surface area contributed by atoms with E-state index in [1.807, 2.05) is 6.07 Å². The average Bonchev–Trinajstić information content (AvgIpc) is 2.96. The van der Waals surface area contributed by atoms with Crippen LogP contribution in [0.1, 0.15) is 18.4 Å². The largest absolute Gasteiger partial charge is 0.339 e. The summed E-state index contributed by atoms with van der Waals surface area (Å²) < 4.78 is 28.3. The Morgan fingerprint density at radius 2 is 1.86 bits per heavy atom. The van der Waals surface area contributed by atoms with Crippen molar-refractivity contribution in [1.82, 2.24) is 13.9 Å². The Bertz CT molecular complexity index is 717. The van der Waals surface area contributed by atoms with E-state index in [2.05, 4.69) is 29.2 Å². The summed E-state index contributed by atoms with van der Waals surface area (Å²) in [6, 6.07) is 10.4. The highest BCUT2D eigenvalue weighted by Crippen LogP contribution is 2.25. The summed E-state index contributed by atoms with van der Waals surface area (Å²) in [4.78, 5) is 3.98. The third kappa shape index (κ3) is 3.23. The number of nitrogens with zero attached hydrogens (tertiary/aromatic N) is 3. The molecule has 3 rings (SSSR count). The number of sulfonamides is 1. The van der Waals surface area contributed by atoms with Crippen molar-refractivity contribution < 1.29 is 8.42 Å². The van der Waals surface area contributed by atoms with Gasteiger partial charge < -0.3 is 4.57 Å². The van der Waals surface area contributed by atoms with Crippen LogP contribution < -0.4 is 0 Å². The molecule has 0 aliphatic carbocycles. The van der Waals surface area contributed by atoms with E-state index in [0.29, 0.717) is 19.0 Å². The maximum absolute atomic E-state index is 12.5. The molecule has 2 heterocycles. The Morgan fingerprint density at radius 3 is 2.45 bits per heavy atom. The average molecular weight is 319 g/mol. The second kappa shape index (κ2) is 6.22. The molecular formula is C16H21N3O2S. The zero-order valence-corrected chi connectivity index (χ0v) is 13.5. The molecular weight excluding hydrogens is 298 g/mol. The lowest BCUT2D eigenvalue weighted by atomic mass is 9.91. The summed E-state index contributed by atoms with van der Waals surface area (Å²) >= 11 is 0. The molecule has 1 aliphatic heterocycles. The zero-order chi connectivity index (χ0) is 15.6. The molecule has 0 amide bonds. The summed E-state index contributed by atoms with van der Waals surface area (Å²) in [5, 5.41) is 0.150. The van der Waals surface area contributed by atoms with Gasteiger partial charge in [0.1, 0.15) is 0 Å². The maximum Gasteiger partial charge on any atom is 0.262 e. The van der Waals surface area contributed by atoms with Gasteiger partial charge in [0.25, 0.3) is 10.0 Å². The summed E-state index contributed by atoms with van der Waals surface area (Å²) in [6.07, 6.45) is 5.92. The van der Waals surface area contributed by atoms with Gasteiger partial charge in [-0.3, -0.25) is 0 Å². The zero-order valence-electron chi connectivity index (χ0n) is 12.7. The van der Waals surface area contributed by atoms with Crippen LogP contribution in [0.2, 0.25) is 0 Å². The molecule has 6 heteroatoms. The van der Waals surface area contributed by atoms with Crippen LogP contribution >= 0.6 is 0 Å². The van der Waals surface area contributed by atoms with Gasteiger partial charge in [-0.2, -0.15) is 4.31 Å². The lowest BCUT2D eigenvalue weighted by molar-refractivity contribution is 0.272. The molecule has 118 valence electrons. The fourth-order valence-corrected chi connectivity index (χ4v) is 4.39. The number of piperidine rings is 1. The van der Waals surface area contributed by atoms with E-state index in [9.17, 15) is 8.42 Å². The predicted octanol–water partition coefficient (Wildman–Crippen LogP) is 2.06. The van der Waals surface area contributed by atoms with Crippen molar-refractivity contribution in [3.63, 3.8) is 0 Å². The molecule has 0 atom stereocenters. The molecule has 0 radical (unpaired) electrons. The molecule has 1 saturated heterocycles. The molecule has 1 aliphatic rings. The normalized spacial score (nSPS) is 17.7. The third-order valence-electron chi connectivity index (χ3n) is 4.23. The monoisotopic (exact) mass is 319 g/mol. The minimum Gasteiger partial charge on any atom is -0.339 e. The topological polar surface area (TPSA) is 55.2 Å². The predicted molar refractivity (Wildman–Crippen MR) is 84.8 cm³/mol. The SMILES string of the molecule is Cn1cnc(S(=O)(=O)N2CCC(Cc3ccccc3)CC2)c1. The van der Waals surface area contributed by atoms with Crippen LogP contribution in [0.3, 0.4) is 0 Å². The minimum atomic E-state index is -3.44. The van der Waals surface area contributed by atoms with Gasteiger partial charge in [-0.1, -0.05) is 30.3 Å². The van der Waals surface area contributed by atoms with Crippen molar-refractivity contribution in [2.24, 2.45) is 13.0 Å². The van der Waals surface area contributed by atoms with Gasteiger partial charge in [-0.15, -0.1) is 0 Å². The smallest absolute Gasteiger partial charge is 0.262 e. The quantitative estimate of drug-likeness (QED) is 0.867. The minimum absolute atomic E-state index is 0.150. The fourth-order valence-electron chi connectivity index (χ4n) is 2.96. The summed E-state index contributed by atoms with van der Waals surface area (Å²) in [6.45, 7) is 1.16. The third-order valence-corrected chi connectivity index (χ3v) is 6.01. The standard InChI is InChI=1S/C16H21N3O2S/c1-18-12-16(17-13-18)22(20,21)19-9-7-15(8-10-19)11-14-5-3-2-4-6-14/h2-6,12-13,15H,7-11H2,1H3. The van der Waals surface area contributed by atoms with Crippen LogP contribution in [0.5, 0.6) is 0 Å². The van der Waals surface area contributed by atoms with Crippen LogP contribution in [-0.4, -0.2) is 35.4 Å². The number of aromatic nitrogens is 2. The second-order valence-corrected chi connectivity index (χ2v) is 7.80. The van der Waals surface area contributed by atoms with Crippen molar-refractivity contribution in [1.29, 1.82) is 0 Å². The van der Waals surface area contributed by atoms with Gasteiger partial charge in [0.15, 0.2) is 5.03 Å². The number of imidazole rings is 1. The van der Waals surface area contributed by atoms with Gasteiger partial charge >= 0.3 is 0 Å². The first-order chi connectivity index (χ1) is 10.6. The van der Waals surface area contributed by atoms with Gasteiger partial charge in [-0.25, -0.2) is 13.4 Å². The number of hydrogen-bond donors (Lipinski definition) is 0. The van der Waals surface area contributed by atoms with E-state index >= 15 is 0 Å². The lowest BCUT2D eigenvalue weighted by Gasteiger charge is -2.30. The molecule has 1 aromatic heterocycles. The summed E-state index contributed by atoms with van der Waals surface area (Å²) in [5.41, 5.74) is 1.33. The molecule has 0 spiro atoms. The Labute approximate surface area is 131 Å². The molecule has 22 heavy (non-hydrogen) atoms. The van der Waals surface area contributed by atoms with Crippen LogP contribution in [0, 0.1) is 5.92 Å². The number of aryl methyl sites for hydroxylation is 1. The Balaban J connectivity index is 1.62. The summed E-state index contributed by atoms with van der Waals surface area (Å²) in [7, 11) is -1.66. The molecule has 0 saturated carbocycles.